The lowest BCUT2D eigenvalue weighted by Crippen LogP contribution is -2.25. The van der Waals surface area contributed by atoms with Crippen molar-refractivity contribution in [2.45, 2.75) is 13.2 Å². The van der Waals surface area contributed by atoms with Crippen LogP contribution in [0, 0.1) is 5.82 Å². The predicted molar refractivity (Wildman–Crippen MR) is 82.3 cm³/mol. The molecule has 2 aromatic carbocycles. The molecule has 1 amide bonds. The van der Waals surface area contributed by atoms with Crippen LogP contribution in [0.1, 0.15) is 24.3 Å². The number of rotatable bonds is 3. The number of hydrazone groups is 1. The van der Waals surface area contributed by atoms with Crippen molar-refractivity contribution < 1.29 is 18.7 Å². The number of ether oxygens (including phenoxy) is 2. The number of hydrogen-bond acceptors (Lipinski definition) is 4. The summed E-state index contributed by atoms with van der Waals surface area (Å²) >= 11 is 0. The monoisotopic (exact) mass is 314 g/mol. The van der Waals surface area contributed by atoms with Crippen LogP contribution in [0.2, 0.25) is 0 Å². The van der Waals surface area contributed by atoms with Crippen LogP contribution in [-0.4, -0.2) is 23.9 Å². The molecule has 1 aliphatic heterocycles. The van der Waals surface area contributed by atoms with Crippen molar-refractivity contribution in [3.05, 3.63) is 65.5 Å². The maximum Gasteiger partial charge on any atom is 0.243 e. The topological polar surface area (TPSA) is 51.1 Å². The lowest BCUT2D eigenvalue weighted by Gasteiger charge is -2.19. The molecule has 0 aromatic heterocycles. The third-order valence-corrected chi connectivity index (χ3v) is 3.46. The van der Waals surface area contributed by atoms with E-state index in [1.165, 1.54) is 24.1 Å². The number of amides is 1. The Morgan fingerprint density at radius 3 is 2.39 bits per heavy atom. The molecular formula is C17H15FN2O3. The van der Waals surface area contributed by atoms with Gasteiger partial charge < -0.3 is 9.47 Å². The van der Waals surface area contributed by atoms with Gasteiger partial charge in [0.1, 0.15) is 11.6 Å². The van der Waals surface area contributed by atoms with E-state index < -0.39 is 6.23 Å². The number of benzene rings is 2. The summed E-state index contributed by atoms with van der Waals surface area (Å²) in [5.74, 6) is 0.396. The zero-order valence-electron chi connectivity index (χ0n) is 12.7. The number of carbonyl (C=O) groups excluding carboxylic acids is 1. The van der Waals surface area contributed by atoms with Gasteiger partial charge in [-0.25, -0.2) is 4.39 Å². The Kier molecular flexibility index (Phi) is 3.97. The lowest BCUT2D eigenvalue weighted by molar-refractivity contribution is -0.135. The van der Waals surface area contributed by atoms with Gasteiger partial charge in [-0.2, -0.15) is 5.01 Å². The van der Waals surface area contributed by atoms with Crippen molar-refractivity contribution in [1.82, 2.24) is 5.01 Å². The highest BCUT2D eigenvalue weighted by Gasteiger charge is 2.33. The molecule has 0 fully saturated rings. The van der Waals surface area contributed by atoms with Gasteiger partial charge in [0.15, 0.2) is 0 Å². The van der Waals surface area contributed by atoms with Crippen molar-refractivity contribution in [3.8, 4) is 5.75 Å². The molecule has 5 nitrogen and oxygen atoms in total. The highest BCUT2D eigenvalue weighted by Crippen LogP contribution is 2.31. The van der Waals surface area contributed by atoms with E-state index in [1.54, 1.807) is 31.4 Å². The number of methoxy groups -OCH3 is 1. The van der Waals surface area contributed by atoms with E-state index >= 15 is 0 Å². The fourth-order valence-electron chi connectivity index (χ4n) is 2.26. The van der Waals surface area contributed by atoms with Gasteiger partial charge in [-0.15, -0.1) is 5.10 Å². The van der Waals surface area contributed by atoms with Gasteiger partial charge in [0.2, 0.25) is 18.0 Å². The van der Waals surface area contributed by atoms with Crippen LogP contribution in [0.3, 0.4) is 0 Å². The van der Waals surface area contributed by atoms with E-state index in [0.717, 1.165) is 5.56 Å². The minimum Gasteiger partial charge on any atom is -0.497 e. The van der Waals surface area contributed by atoms with Crippen molar-refractivity contribution in [3.63, 3.8) is 0 Å². The number of nitrogens with zero attached hydrogens (tertiary/aromatic N) is 2. The third kappa shape index (κ3) is 3.01. The third-order valence-electron chi connectivity index (χ3n) is 3.46. The Morgan fingerprint density at radius 2 is 1.83 bits per heavy atom. The first-order chi connectivity index (χ1) is 11.1. The molecule has 1 unspecified atom stereocenters. The average Bonchev–Trinajstić information content (AvgIpc) is 3.01. The molecule has 1 aliphatic rings. The van der Waals surface area contributed by atoms with E-state index in [9.17, 15) is 9.18 Å². The van der Waals surface area contributed by atoms with Crippen LogP contribution in [-0.2, 0) is 9.53 Å². The Balaban J connectivity index is 1.90. The van der Waals surface area contributed by atoms with Gasteiger partial charge in [-0.1, -0.05) is 0 Å². The van der Waals surface area contributed by atoms with E-state index in [1.807, 2.05) is 12.1 Å². The van der Waals surface area contributed by atoms with Crippen molar-refractivity contribution in [2.24, 2.45) is 5.10 Å². The van der Waals surface area contributed by atoms with Gasteiger partial charge >= 0.3 is 0 Å². The van der Waals surface area contributed by atoms with Gasteiger partial charge in [-0.05, 0) is 48.5 Å². The van der Waals surface area contributed by atoms with E-state index in [4.69, 9.17) is 9.47 Å². The second-order valence-corrected chi connectivity index (χ2v) is 5.02. The standard InChI is InChI=1S/C17H15FN2O3/c1-11(21)20-17(13-5-9-15(22-2)10-6-13)23-16(19-20)12-3-7-14(18)8-4-12/h3-10,17H,1-2H3. The molecule has 23 heavy (non-hydrogen) atoms. The normalized spacial score (nSPS) is 16.7. The summed E-state index contributed by atoms with van der Waals surface area (Å²) in [6.07, 6.45) is -0.654. The zero-order chi connectivity index (χ0) is 16.4. The predicted octanol–water partition coefficient (Wildman–Crippen LogP) is 3.07. The Bertz CT molecular complexity index is 741. The smallest absolute Gasteiger partial charge is 0.243 e. The molecule has 0 N–H and O–H groups in total. The first-order valence-corrected chi connectivity index (χ1v) is 7.03. The summed E-state index contributed by atoms with van der Waals surface area (Å²) in [7, 11) is 1.58. The van der Waals surface area contributed by atoms with Crippen LogP contribution in [0.5, 0.6) is 5.75 Å². The number of carbonyl (C=O) groups is 1. The molecule has 0 aliphatic carbocycles. The molecule has 0 saturated carbocycles. The minimum atomic E-state index is -0.654. The summed E-state index contributed by atoms with van der Waals surface area (Å²) < 4.78 is 24.0. The average molecular weight is 314 g/mol. The van der Waals surface area contributed by atoms with Crippen molar-refractivity contribution in [2.75, 3.05) is 7.11 Å². The molecular weight excluding hydrogens is 299 g/mol. The van der Waals surface area contributed by atoms with Crippen LogP contribution in [0.25, 0.3) is 0 Å². The van der Waals surface area contributed by atoms with Gasteiger partial charge in [0.05, 0.1) is 7.11 Å². The molecule has 0 spiro atoms. The zero-order valence-corrected chi connectivity index (χ0v) is 12.7. The molecule has 0 bridgehead atoms. The summed E-state index contributed by atoms with van der Waals surface area (Å²) in [5.41, 5.74) is 1.37. The SMILES string of the molecule is COc1ccc(C2OC(c3ccc(F)cc3)=NN2C(C)=O)cc1. The van der Waals surface area contributed by atoms with Crippen LogP contribution in [0.15, 0.2) is 53.6 Å². The summed E-state index contributed by atoms with van der Waals surface area (Å²) in [6.45, 7) is 1.41. The molecule has 2 aromatic rings. The number of halogens is 1. The van der Waals surface area contributed by atoms with E-state index in [-0.39, 0.29) is 17.6 Å². The van der Waals surface area contributed by atoms with Crippen molar-refractivity contribution >= 4 is 11.8 Å². The van der Waals surface area contributed by atoms with Crippen molar-refractivity contribution in [1.29, 1.82) is 0 Å². The largest absolute Gasteiger partial charge is 0.497 e. The first kappa shape index (κ1) is 15.0. The highest BCUT2D eigenvalue weighted by molar-refractivity contribution is 5.96. The van der Waals surface area contributed by atoms with E-state index in [2.05, 4.69) is 5.10 Å². The molecule has 6 heteroatoms. The maximum absolute atomic E-state index is 13.0. The molecule has 3 rings (SSSR count). The Hall–Kier alpha value is -2.89. The molecule has 0 radical (unpaired) electrons. The van der Waals surface area contributed by atoms with Crippen LogP contribution < -0.4 is 4.74 Å². The molecule has 1 heterocycles. The highest BCUT2D eigenvalue weighted by atomic mass is 19.1. The quantitative estimate of drug-likeness (QED) is 0.875. The lowest BCUT2D eigenvalue weighted by atomic mass is 10.2. The fourth-order valence-corrected chi connectivity index (χ4v) is 2.26. The maximum atomic E-state index is 13.0. The van der Waals surface area contributed by atoms with Gasteiger partial charge in [0.25, 0.3) is 0 Å². The second-order valence-electron chi connectivity index (χ2n) is 5.02. The Labute approximate surface area is 132 Å². The summed E-state index contributed by atoms with van der Waals surface area (Å²) in [6, 6.07) is 12.9. The molecule has 118 valence electrons. The van der Waals surface area contributed by atoms with Gasteiger partial charge in [-0.3, -0.25) is 4.79 Å². The molecule has 0 saturated heterocycles. The first-order valence-electron chi connectivity index (χ1n) is 7.03. The minimum absolute atomic E-state index is 0.247. The van der Waals surface area contributed by atoms with Crippen LogP contribution in [0.4, 0.5) is 4.39 Å². The van der Waals surface area contributed by atoms with Gasteiger partial charge in [0, 0.05) is 18.1 Å². The van der Waals surface area contributed by atoms with Crippen LogP contribution >= 0.6 is 0 Å². The summed E-state index contributed by atoms with van der Waals surface area (Å²) in [5, 5.41) is 5.48. The summed E-state index contributed by atoms with van der Waals surface area (Å²) in [4.78, 5) is 11.8. The number of hydrogen-bond donors (Lipinski definition) is 0. The fraction of sp³-hybridized carbons (Fsp3) is 0.176. The second kappa shape index (κ2) is 6.08. The Morgan fingerprint density at radius 1 is 1.17 bits per heavy atom. The van der Waals surface area contributed by atoms with E-state index in [0.29, 0.717) is 11.3 Å². The molecule has 1 atom stereocenters.